The van der Waals surface area contributed by atoms with E-state index in [1.54, 1.807) is 30.3 Å². The van der Waals surface area contributed by atoms with Crippen LogP contribution in [0.1, 0.15) is 25.5 Å². The molecular formula is C12H12N3O4+. The van der Waals surface area contributed by atoms with Gasteiger partial charge in [0.2, 0.25) is 5.91 Å². The lowest BCUT2D eigenvalue weighted by Gasteiger charge is -2.12. The fraction of sp³-hybridized carbons (Fsp3) is 0.250. The molecule has 1 aromatic carbocycles. The maximum Gasteiger partial charge on any atom is 0.341 e. The van der Waals surface area contributed by atoms with Crippen molar-refractivity contribution < 1.29 is 19.3 Å². The highest BCUT2D eigenvalue weighted by molar-refractivity contribution is 5.99. The average molecular weight is 262 g/mol. The lowest BCUT2D eigenvalue weighted by atomic mass is 10.1. The van der Waals surface area contributed by atoms with Crippen molar-refractivity contribution in [3.63, 3.8) is 0 Å². The molecular weight excluding hydrogens is 250 g/mol. The summed E-state index contributed by atoms with van der Waals surface area (Å²) in [6.07, 6.45) is 0. The summed E-state index contributed by atoms with van der Waals surface area (Å²) in [5.41, 5.74) is 0.428. The first-order valence-electron chi connectivity index (χ1n) is 5.61. The third-order valence-electron chi connectivity index (χ3n) is 2.73. The summed E-state index contributed by atoms with van der Waals surface area (Å²) in [5, 5.41) is 1.08. The van der Waals surface area contributed by atoms with Crippen LogP contribution in [0.25, 0.3) is 0 Å². The summed E-state index contributed by atoms with van der Waals surface area (Å²) in [4.78, 5) is 47.3. The molecule has 0 radical (unpaired) electrons. The van der Waals surface area contributed by atoms with E-state index in [0.29, 0.717) is 15.7 Å². The van der Waals surface area contributed by atoms with Crippen LogP contribution < -0.4 is 0 Å². The number of nitroso groups, excluding NO2 is 1. The zero-order chi connectivity index (χ0) is 14.2. The molecule has 3 amide bonds. The number of rotatable bonds is 1. The van der Waals surface area contributed by atoms with Crippen LogP contribution in [0.2, 0.25) is 0 Å². The molecule has 1 unspecified atom stereocenters. The molecule has 1 heterocycles. The standard InChI is InChI=1S/C12H12N3O4/c1-8(16)13-12(18)11(10-6-4-3-5-7-10)15(19)14(13)9(2)17/h3-7,11H,1-2H3/q+1. The number of hydrogen-bond acceptors (Lipinski definition) is 4. The Morgan fingerprint density at radius 3 is 2.11 bits per heavy atom. The van der Waals surface area contributed by atoms with Crippen molar-refractivity contribution in [2.45, 2.75) is 19.9 Å². The van der Waals surface area contributed by atoms with Gasteiger partial charge in [0.1, 0.15) is 0 Å². The minimum Gasteiger partial charge on any atom is -0.273 e. The van der Waals surface area contributed by atoms with E-state index in [-0.39, 0.29) is 4.87 Å². The molecule has 1 aromatic rings. The zero-order valence-corrected chi connectivity index (χ0v) is 10.4. The topological polar surface area (TPSA) is 77.8 Å². The van der Waals surface area contributed by atoms with Gasteiger partial charge in [-0.2, -0.15) is 0 Å². The van der Waals surface area contributed by atoms with Crippen molar-refractivity contribution in [3.05, 3.63) is 40.8 Å². The molecule has 7 heteroatoms. The minimum atomic E-state index is -1.21. The maximum absolute atomic E-state index is 12.1. The van der Waals surface area contributed by atoms with Gasteiger partial charge in [0, 0.05) is 24.5 Å². The van der Waals surface area contributed by atoms with Crippen LogP contribution in [-0.2, 0) is 14.4 Å². The van der Waals surface area contributed by atoms with Gasteiger partial charge in [-0.25, -0.2) is 0 Å². The number of nitrogens with zero attached hydrogens (tertiary/aromatic N) is 3. The van der Waals surface area contributed by atoms with E-state index >= 15 is 0 Å². The van der Waals surface area contributed by atoms with Gasteiger partial charge >= 0.3 is 17.9 Å². The number of carbonyl (C=O) groups excluding carboxylic acids is 3. The fourth-order valence-electron chi connectivity index (χ4n) is 1.97. The number of hydrazine groups is 2. The Morgan fingerprint density at radius 2 is 1.68 bits per heavy atom. The molecule has 1 fully saturated rings. The number of hydrogen-bond donors (Lipinski definition) is 0. The summed E-state index contributed by atoms with van der Waals surface area (Å²) in [6, 6.07) is 7.05. The molecule has 0 aromatic heterocycles. The second kappa shape index (κ2) is 4.60. The Hall–Kier alpha value is -2.57. The highest BCUT2D eigenvalue weighted by atomic mass is 16.4. The maximum atomic E-state index is 12.1. The Morgan fingerprint density at radius 1 is 1.11 bits per heavy atom. The van der Waals surface area contributed by atoms with Gasteiger partial charge in [-0.15, -0.1) is 5.01 Å². The highest BCUT2D eigenvalue weighted by Crippen LogP contribution is 2.28. The van der Waals surface area contributed by atoms with Crippen LogP contribution in [0, 0.1) is 4.91 Å². The third kappa shape index (κ3) is 1.99. The van der Waals surface area contributed by atoms with Crippen LogP contribution in [0.15, 0.2) is 30.3 Å². The molecule has 1 aliphatic heterocycles. The molecule has 1 saturated heterocycles. The van der Waals surface area contributed by atoms with Gasteiger partial charge in [0.05, 0.1) is 4.91 Å². The van der Waals surface area contributed by atoms with Crippen molar-refractivity contribution in [2.75, 3.05) is 0 Å². The minimum absolute atomic E-state index is 0.224. The van der Waals surface area contributed by atoms with E-state index in [0.717, 1.165) is 13.8 Å². The first-order chi connectivity index (χ1) is 8.95. The number of benzene rings is 1. The van der Waals surface area contributed by atoms with Crippen LogP contribution >= 0.6 is 0 Å². The van der Waals surface area contributed by atoms with Crippen molar-refractivity contribution in [3.8, 4) is 0 Å². The first-order valence-corrected chi connectivity index (χ1v) is 5.61. The highest BCUT2D eigenvalue weighted by Gasteiger charge is 2.58. The van der Waals surface area contributed by atoms with Crippen molar-refractivity contribution in [2.24, 2.45) is 0 Å². The summed E-state index contributed by atoms with van der Waals surface area (Å²) in [7, 11) is 0. The molecule has 7 nitrogen and oxygen atoms in total. The van der Waals surface area contributed by atoms with Crippen molar-refractivity contribution in [1.29, 1.82) is 0 Å². The van der Waals surface area contributed by atoms with E-state index in [1.165, 1.54) is 0 Å². The molecule has 0 bridgehead atoms. The predicted molar refractivity (Wildman–Crippen MR) is 62.9 cm³/mol. The summed E-state index contributed by atoms with van der Waals surface area (Å²) in [6.45, 7) is 2.23. The molecule has 1 atom stereocenters. The molecule has 0 spiro atoms. The van der Waals surface area contributed by atoms with Gasteiger partial charge in [-0.1, -0.05) is 30.3 Å². The Balaban J connectivity index is 2.49. The van der Waals surface area contributed by atoms with E-state index in [9.17, 15) is 19.3 Å². The normalized spacial score (nSPS) is 18.9. The molecule has 2 rings (SSSR count). The largest absolute Gasteiger partial charge is 0.341 e. The van der Waals surface area contributed by atoms with Crippen LogP contribution in [0.5, 0.6) is 0 Å². The smallest absolute Gasteiger partial charge is 0.273 e. The van der Waals surface area contributed by atoms with Gasteiger partial charge in [0.25, 0.3) is 0 Å². The number of amides is 3. The van der Waals surface area contributed by atoms with Crippen LogP contribution in [0.3, 0.4) is 0 Å². The van der Waals surface area contributed by atoms with Gasteiger partial charge in [-0.3, -0.25) is 14.4 Å². The second-order valence-corrected chi connectivity index (χ2v) is 4.09. The van der Waals surface area contributed by atoms with Crippen molar-refractivity contribution >= 4 is 17.7 Å². The van der Waals surface area contributed by atoms with Gasteiger partial charge in [-0.05, 0) is 0 Å². The monoisotopic (exact) mass is 262 g/mol. The fourth-order valence-corrected chi connectivity index (χ4v) is 1.97. The molecule has 1 aliphatic rings. The molecule has 0 N–H and O–H groups in total. The number of imide groups is 1. The van der Waals surface area contributed by atoms with E-state index < -0.39 is 23.8 Å². The van der Waals surface area contributed by atoms with Gasteiger partial charge < -0.3 is 0 Å². The Labute approximate surface area is 108 Å². The van der Waals surface area contributed by atoms with Crippen LogP contribution in [-0.4, -0.2) is 32.7 Å². The zero-order valence-electron chi connectivity index (χ0n) is 10.4. The van der Waals surface area contributed by atoms with Crippen LogP contribution in [0.4, 0.5) is 0 Å². The number of carbonyl (C=O) groups is 3. The second-order valence-electron chi connectivity index (χ2n) is 4.09. The van der Waals surface area contributed by atoms with E-state index in [4.69, 9.17) is 0 Å². The lowest BCUT2D eigenvalue weighted by Crippen LogP contribution is -2.46. The van der Waals surface area contributed by atoms with Crippen molar-refractivity contribution in [1.82, 2.24) is 10.1 Å². The van der Waals surface area contributed by atoms with E-state index in [1.807, 2.05) is 0 Å². The molecule has 98 valence electrons. The SMILES string of the molecule is CC(=O)N1C(=O)C(c2ccccc2)[N+](=O)N1C(C)=O. The first kappa shape index (κ1) is 12.9. The summed E-state index contributed by atoms with van der Waals surface area (Å²) in [5.74, 6) is -2.11. The lowest BCUT2D eigenvalue weighted by molar-refractivity contribution is -0.715. The summed E-state index contributed by atoms with van der Waals surface area (Å²) >= 11 is 0. The quantitative estimate of drug-likeness (QED) is 0.693. The Bertz CT molecular complexity index is 538. The van der Waals surface area contributed by atoms with Gasteiger partial charge in [0.15, 0.2) is 4.87 Å². The average Bonchev–Trinajstić information content (AvgIpc) is 2.62. The third-order valence-corrected chi connectivity index (χ3v) is 2.73. The molecule has 0 aliphatic carbocycles. The summed E-state index contributed by atoms with van der Waals surface area (Å²) < 4.78 is 0. The predicted octanol–water partition coefficient (Wildman–Crippen LogP) is 0.574. The molecule has 19 heavy (non-hydrogen) atoms. The molecule has 0 saturated carbocycles. The Kier molecular flexibility index (Phi) is 3.12. The van der Waals surface area contributed by atoms with E-state index in [2.05, 4.69) is 0 Å².